The monoisotopic (exact) mass is 96.0 g/mol. The third-order valence-corrected chi connectivity index (χ3v) is 0.500. The average Bonchev–Trinajstić information content (AvgIpc) is 1.37. The molecule has 0 aliphatic heterocycles. The van der Waals surface area contributed by atoms with E-state index in [4.69, 9.17) is 0 Å². The summed E-state index contributed by atoms with van der Waals surface area (Å²) < 4.78 is 4.46. The maximum Gasteiger partial charge on any atom is 1.00 e. The molecule has 5 heavy (non-hydrogen) atoms. The normalized spacial score (nSPS) is 5.80. The molecule has 0 spiro atoms. The first kappa shape index (κ1) is 9.70. The van der Waals surface area contributed by atoms with Crippen LogP contribution >= 0.6 is 0 Å². The molecule has 0 rings (SSSR count). The molecule has 1 nitrogen and oxygen atoms in total. The second-order valence-electron chi connectivity index (χ2n) is 0.455. The molecule has 0 unspecified atom stereocenters. The maximum absolute atomic E-state index is 4.46. The molecule has 0 heterocycles. The molecule has 0 aliphatic rings. The Kier molecular flexibility index (Phi) is 17.6. The van der Waals surface area contributed by atoms with Crippen LogP contribution in [-0.4, -0.2) is 23.2 Å². The van der Waals surface area contributed by atoms with E-state index in [1.807, 2.05) is 6.92 Å². The molecule has 2 radical (unpaired) electrons. The van der Waals surface area contributed by atoms with Gasteiger partial charge in [-0.1, -0.05) is 0 Å². The smallest absolute Gasteiger partial charge is 1.00 e. The second kappa shape index (κ2) is 9.09. The zero-order chi connectivity index (χ0) is 3.41. The Bertz CT molecular complexity index is 15.5. The summed E-state index contributed by atoms with van der Waals surface area (Å²) in [4.78, 5) is 0. The summed E-state index contributed by atoms with van der Waals surface area (Å²) in [6.45, 7) is 2.72. The zero-order valence-corrected chi connectivity index (χ0v) is 6.85. The van der Waals surface area contributed by atoms with Crippen LogP contribution in [-0.2, 0) is 3.79 Å². The number of rotatable bonds is 1. The molecule has 0 aromatic rings. The van der Waals surface area contributed by atoms with Crippen molar-refractivity contribution in [2.24, 2.45) is 0 Å². The van der Waals surface area contributed by atoms with Gasteiger partial charge in [0.1, 0.15) is 0 Å². The third kappa shape index (κ3) is 10.8. The van der Waals surface area contributed by atoms with Gasteiger partial charge in [0.2, 0.25) is 0 Å². The number of hydrogen-bond donors (Lipinski definition) is 0. The van der Waals surface area contributed by atoms with Crippen LogP contribution in [0.1, 0.15) is 8.35 Å². The van der Waals surface area contributed by atoms with Crippen molar-refractivity contribution in [2.75, 3.05) is 6.61 Å². The van der Waals surface area contributed by atoms with Crippen molar-refractivity contribution in [2.45, 2.75) is 6.92 Å². The summed E-state index contributed by atoms with van der Waals surface area (Å²) in [5.41, 5.74) is 0. The van der Waals surface area contributed by atoms with Gasteiger partial charge >= 0.3 is 46.2 Å². The van der Waals surface area contributed by atoms with Gasteiger partial charge in [-0.2, -0.15) is 0 Å². The van der Waals surface area contributed by atoms with Gasteiger partial charge in [0.25, 0.3) is 0 Å². The van der Waals surface area contributed by atoms with Gasteiger partial charge in [-0.05, 0) is 6.92 Å². The van der Waals surface area contributed by atoms with Gasteiger partial charge < -0.3 is 5.22 Å². The Labute approximate surface area is 64.6 Å². The SMILES string of the molecule is CC[O][Al].[H-].[Na+]. The van der Waals surface area contributed by atoms with Crippen molar-refractivity contribution in [3.63, 3.8) is 0 Å². The quantitative estimate of drug-likeness (QED) is 0.321. The molecule has 0 N–H and O–H groups in total. The van der Waals surface area contributed by atoms with Crippen LogP contribution in [0.5, 0.6) is 0 Å². The van der Waals surface area contributed by atoms with Crippen LogP contribution in [0.25, 0.3) is 0 Å². The molecule has 0 aromatic heterocycles. The fraction of sp³-hybridized carbons (Fsp3) is 1.00. The van der Waals surface area contributed by atoms with Crippen LogP contribution in [0.15, 0.2) is 0 Å². The van der Waals surface area contributed by atoms with Crippen molar-refractivity contribution < 1.29 is 34.8 Å². The minimum atomic E-state index is 0. The van der Waals surface area contributed by atoms with Crippen molar-refractivity contribution >= 4 is 16.6 Å². The Morgan fingerprint density at radius 2 is 2.20 bits per heavy atom. The fourth-order valence-corrected chi connectivity index (χ4v) is 0. The van der Waals surface area contributed by atoms with E-state index < -0.39 is 0 Å². The molecule has 0 bridgehead atoms. The largest absolute Gasteiger partial charge is 1.00 e. The van der Waals surface area contributed by atoms with E-state index in [-0.39, 0.29) is 31.0 Å². The Morgan fingerprint density at radius 3 is 2.20 bits per heavy atom. The molecule has 0 aromatic carbocycles. The van der Waals surface area contributed by atoms with E-state index in [1.54, 1.807) is 0 Å². The Morgan fingerprint density at radius 1 is 2.00 bits per heavy atom. The van der Waals surface area contributed by atoms with Crippen molar-refractivity contribution in [1.29, 1.82) is 0 Å². The summed E-state index contributed by atoms with van der Waals surface area (Å²) >= 11 is 2.16. The molecule has 0 saturated heterocycles. The van der Waals surface area contributed by atoms with Gasteiger partial charge in [0.15, 0.2) is 0 Å². The zero-order valence-electron chi connectivity index (χ0n) is 4.69. The van der Waals surface area contributed by atoms with Crippen LogP contribution in [0.2, 0.25) is 0 Å². The molecular weight excluding hydrogens is 90.0 g/mol. The van der Waals surface area contributed by atoms with Crippen LogP contribution in [0, 0.1) is 0 Å². The second-order valence-corrected chi connectivity index (χ2v) is 0.789. The van der Waals surface area contributed by atoms with E-state index in [1.165, 1.54) is 0 Å². The van der Waals surface area contributed by atoms with Gasteiger partial charge in [0.05, 0.1) is 0 Å². The van der Waals surface area contributed by atoms with Gasteiger partial charge in [-0.3, -0.25) is 0 Å². The van der Waals surface area contributed by atoms with Crippen molar-refractivity contribution in [3.05, 3.63) is 0 Å². The predicted molar refractivity (Wildman–Crippen MR) is 18.5 cm³/mol. The van der Waals surface area contributed by atoms with Crippen molar-refractivity contribution in [3.8, 4) is 0 Å². The Hall–Kier alpha value is 1.49. The molecule has 0 atom stereocenters. The first-order valence-corrected chi connectivity index (χ1v) is 1.70. The van der Waals surface area contributed by atoms with E-state index in [0.29, 0.717) is 0 Å². The molecule has 24 valence electrons. The van der Waals surface area contributed by atoms with Gasteiger partial charge in [0, 0.05) is 6.61 Å². The van der Waals surface area contributed by atoms with Gasteiger partial charge in [-0.25, -0.2) is 0 Å². The summed E-state index contributed by atoms with van der Waals surface area (Å²) in [6.07, 6.45) is 0. The van der Waals surface area contributed by atoms with Crippen LogP contribution in [0.3, 0.4) is 0 Å². The summed E-state index contributed by atoms with van der Waals surface area (Å²) in [5.74, 6) is 0. The minimum Gasteiger partial charge on any atom is -1.00 e. The molecule has 0 amide bonds. The first-order valence-electron chi connectivity index (χ1n) is 1.23. The summed E-state index contributed by atoms with van der Waals surface area (Å²) in [6, 6.07) is 0. The van der Waals surface area contributed by atoms with E-state index in [0.717, 1.165) is 6.61 Å². The molecular formula is C2H6AlNaO. The topological polar surface area (TPSA) is 9.23 Å². The Balaban J connectivity index is -0.0000000450. The first-order chi connectivity index (χ1) is 1.91. The summed E-state index contributed by atoms with van der Waals surface area (Å²) in [5, 5.41) is 0. The van der Waals surface area contributed by atoms with Gasteiger partial charge in [-0.15, -0.1) is 0 Å². The predicted octanol–water partition coefficient (Wildman–Crippen LogP) is -2.78. The molecule has 0 saturated carbocycles. The molecule has 0 fully saturated rings. The minimum absolute atomic E-state index is 0. The van der Waals surface area contributed by atoms with Crippen LogP contribution < -0.4 is 29.6 Å². The van der Waals surface area contributed by atoms with E-state index in [9.17, 15) is 0 Å². The summed E-state index contributed by atoms with van der Waals surface area (Å²) in [7, 11) is 0. The van der Waals surface area contributed by atoms with Crippen LogP contribution in [0.4, 0.5) is 0 Å². The molecule has 0 aliphatic carbocycles. The standard InChI is InChI=1S/C2H5O.Al.Na.H/c1-2-3;;;/h2H2,1H3;;;/q-1;2*+1;-1. The van der Waals surface area contributed by atoms with E-state index in [2.05, 4.69) is 20.4 Å². The molecule has 3 heteroatoms. The van der Waals surface area contributed by atoms with Crippen molar-refractivity contribution in [1.82, 2.24) is 0 Å². The third-order valence-electron chi connectivity index (χ3n) is 0.167. The average molecular weight is 96.0 g/mol. The number of hydrogen-bond acceptors (Lipinski definition) is 1. The fourth-order valence-electron chi connectivity index (χ4n) is 0. The maximum atomic E-state index is 4.46. The van der Waals surface area contributed by atoms with E-state index >= 15 is 0 Å².